The number of hydrogen-bond acceptors (Lipinski definition) is 6. The van der Waals surface area contributed by atoms with Crippen LogP contribution in [0.3, 0.4) is 0 Å². The lowest BCUT2D eigenvalue weighted by atomic mass is 10.0. The van der Waals surface area contributed by atoms with Gasteiger partial charge in [0.1, 0.15) is 5.75 Å². The number of aliphatic hydroxyl groups is 1. The molecule has 3 aromatic carbocycles. The fraction of sp³-hybridized carbons (Fsp3) is 0.371. The maximum Gasteiger partial charge on any atom is 0.258 e. The molecule has 0 unspecified atom stereocenters. The number of nitrogens with one attached hydrogen (secondary N) is 1. The fourth-order valence-electron chi connectivity index (χ4n) is 5.35. The lowest BCUT2D eigenvalue weighted by Crippen LogP contribution is -2.52. The largest absolute Gasteiger partial charge is 0.483 e. The van der Waals surface area contributed by atoms with Gasteiger partial charge in [-0.1, -0.05) is 74.5 Å². The highest BCUT2D eigenvalue weighted by Crippen LogP contribution is 2.25. The predicted octanol–water partition coefficient (Wildman–Crippen LogP) is 5.00. The third-order valence-corrected chi connectivity index (χ3v) is 9.47. The number of hydrogen-bond donors (Lipinski definition) is 2. The molecule has 9 nitrogen and oxygen atoms in total. The summed E-state index contributed by atoms with van der Waals surface area (Å²) in [4.78, 5) is 13.2. The van der Waals surface area contributed by atoms with E-state index >= 15 is 0 Å². The van der Waals surface area contributed by atoms with Crippen molar-refractivity contribution >= 4 is 15.9 Å². The first-order chi connectivity index (χ1) is 21.5. The van der Waals surface area contributed by atoms with Gasteiger partial charge in [-0.05, 0) is 73.6 Å². The zero-order chi connectivity index (χ0) is 32.6. The molecule has 240 valence electrons. The number of aromatic nitrogens is 2. The molecule has 0 bridgehead atoms. The average molecular weight is 633 g/mol. The van der Waals surface area contributed by atoms with Gasteiger partial charge in [-0.2, -0.15) is 9.40 Å². The molecule has 4 aromatic rings. The smallest absolute Gasteiger partial charge is 0.258 e. The summed E-state index contributed by atoms with van der Waals surface area (Å²) in [5.74, 6) is 0.239. The number of sulfonamides is 1. The Morgan fingerprint density at radius 3 is 2.24 bits per heavy atom. The van der Waals surface area contributed by atoms with Crippen molar-refractivity contribution in [1.82, 2.24) is 19.4 Å². The third kappa shape index (κ3) is 8.81. The quantitative estimate of drug-likeness (QED) is 0.191. The molecule has 0 fully saturated rings. The molecule has 2 atom stereocenters. The van der Waals surface area contributed by atoms with Crippen molar-refractivity contribution in [3.8, 4) is 17.0 Å². The van der Waals surface area contributed by atoms with Crippen molar-refractivity contribution in [2.75, 3.05) is 19.7 Å². The second-order valence-corrected chi connectivity index (χ2v) is 13.7. The van der Waals surface area contributed by atoms with Crippen molar-refractivity contribution in [1.29, 1.82) is 0 Å². The molecule has 1 amide bonds. The van der Waals surface area contributed by atoms with E-state index in [0.717, 1.165) is 27.9 Å². The zero-order valence-electron chi connectivity index (χ0n) is 26.7. The van der Waals surface area contributed by atoms with Crippen LogP contribution in [-0.2, 0) is 27.8 Å². The Kier molecular flexibility index (Phi) is 11.6. The highest BCUT2D eigenvalue weighted by Gasteiger charge is 2.31. The molecule has 0 spiro atoms. The monoisotopic (exact) mass is 632 g/mol. The van der Waals surface area contributed by atoms with E-state index in [2.05, 4.69) is 10.4 Å². The Balaban J connectivity index is 1.54. The second-order valence-electron chi connectivity index (χ2n) is 11.7. The molecule has 0 aliphatic carbocycles. The van der Waals surface area contributed by atoms with Crippen molar-refractivity contribution < 1.29 is 23.1 Å². The summed E-state index contributed by atoms with van der Waals surface area (Å²) in [6, 6.07) is 23.1. The minimum absolute atomic E-state index is 0.00179. The number of carbonyl (C=O) groups is 1. The molecule has 0 saturated heterocycles. The highest BCUT2D eigenvalue weighted by molar-refractivity contribution is 7.89. The molecular weight excluding hydrogens is 588 g/mol. The summed E-state index contributed by atoms with van der Waals surface area (Å²) in [6.45, 7) is 10.2. The summed E-state index contributed by atoms with van der Waals surface area (Å²) in [5.41, 5.74) is 4.50. The molecular formula is C35H44N4O5S. The summed E-state index contributed by atoms with van der Waals surface area (Å²) in [6.07, 6.45) is 0.837. The minimum Gasteiger partial charge on any atom is -0.483 e. The lowest BCUT2D eigenvalue weighted by Gasteiger charge is -2.31. The van der Waals surface area contributed by atoms with Crippen LogP contribution in [0.25, 0.3) is 11.3 Å². The number of nitrogens with zero attached hydrogens (tertiary/aromatic N) is 3. The number of benzene rings is 3. The molecule has 1 aromatic heterocycles. The Morgan fingerprint density at radius 1 is 0.956 bits per heavy atom. The number of ether oxygens (including phenoxy) is 1. The van der Waals surface area contributed by atoms with Crippen LogP contribution in [0.4, 0.5) is 0 Å². The van der Waals surface area contributed by atoms with Crippen LogP contribution >= 0.6 is 0 Å². The maximum absolute atomic E-state index is 13.9. The number of carbonyl (C=O) groups excluding carboxylic acids is 1. The summed E-state index contributed by atoms with van der Waals surface area (Å²) >= 11 is 0. The molecule has 10 heteroatoms. The topological polar surface area (TPSA) is 114 Å². The van der Waals surface area contributed by atoms with Crippen molar-refractivity contribution in [3.05, 3.63) is 102 Å². The summed E-state index contributed by atoms with van der Waals surface area (Å²) in [7, 11) is -3.97. The Hall–Kier alpha value is -3.99. The minimum atomic E-state index is -3.97. The number of para-hydroxylation sites is 1. The predicted molar refractivity (Wildman–Crippen MR) is 176 cm³/mol. The van der Waals surface area contributed by atoms with Gasteiger partial charge in [0.05, 0.1) is 22.7 Å². The van der Waals surface area contributed by atoms with E-state index in [4.69, 9.17) is 4.74 Å². The van der Waals surface area contributed by atoms with Crippen LogP contribution in [0.15, 0.2) is 90.0 Å². The molecule has 45 heavy (non-hydrogen) atoms. The average Bonchev–Trinajstić information content (AvgIpc) is 3.49. The molecule has 4 rings (SSSR count). The van der Waals surface area contributed by atoms with Gasteiger partial charge in [-0.25, -0.2) is 8.42 Å². The van der Waals surface area contributed by atoms with Gasteiger partial charge in [0.25, 0.3) is 5.91 Å². The number of aliphatic hydroxyl groups excluding tert-OH is 1. The number of aryl methyl sites for hydroxylation is 3. The molecule has 0 saturated carbocycles. The van der Waals surface area contributed by atoms with Gasteiger partial charge in [0.15, 0.2) is 6.61 Å². The van der Waals surface area contributed by atoms with E-state index in [9.17, 15) is 18.3 Å². The normalized spacial score (nSPS) is 13.2. The van der Waals surface area contributed by atoms with Crippen LogP contribution in [0.5, 0.6) is 5.75 Å². The number of amides is 1. The van der Waals surface area contributed by atoms with Gasteiger partial charge in [-0.15, -0.1) is 0 Å². The van der Waals surface area contributed by atoms with Gasteiger partial charge >= 0.3 is 0 Å². The summed E-state index contributed by atoms with van der Waals surface area (Å²) < 4.78 is 36.9. The van der Waals surface area contributed by atoms with Crippen molar-refractivity contribution in [3.63, 3.8) is 0 Å². The maximum atomic E-state index is 13.9. The van der Waals surface area contributed by atoms with Crippen molar-refractivity contribution in [2.24, 2.45) is 5.92 Å². The number of rotatable bonds is 15. The molecule has 0 radical (unpaired) electrons. The molecule has 2 N–H and O–H groups in total. The van der Waals surface area contributed by atoms with Gasteiger partial charge in [0.2, 0.25) is 10.0 Å². The standard InChI is InChI=1S/C35H44N4O5S/c1-6-39-32(19-20-36-39)29-15-17-30(18-16-29)45(42,43)38(22-25(2)3)23-33(40)31(21-28-13-8-7-9-14-28)37-34(41)24-44-35-26(4)11-10-12-27(35)5/h7-20,25,31,33,40H,6,21-24H2,1-5H3,(H,37,41)/t31-,33-/m0/s1. The van der Waals surface area contributed by atoms with E-state index < -0.39 is 28.1 Å². The third-order valence-electron chi connectivity index (χ3n) is 7.63. The van der Waals surface area contributed by atoms with Crippen LogP contribution in [-0.4, -0.2) is 65.4 Å². The first kappa shape index (κ1) is 33.9. The van der Waals surface area contributed by atoms with E-state index in [1.807, 2.05) is 93.9 Å². The zero-order valence-corrected chi connectivity index (χ0v) is 27.5. The Morgan fingerprint density at radius 2 is 1.62 bits per heavy atom. The Bertz CT molecular complexity index is 1630. The van der Waals surface area contributed by atoms with Crippen LogP contribution < -0.4 is 10.1 Å². The van der Waals surface area contributed by atoms with Gasteiger partial charge in [0, 0.05) is 25.8 Å². The van der Waals surface area contributed by atoms with E-state index in [0.29, 0.717) is 18.7 Å². The van der Waals surface area contributed by atoms with Gasteiger partial charge < -0.3 is 15.2 Å². The molecule has 0 aliphatic heterocycles. The first-order valence-electron chi connectivity index (χ1n) is 15.3. The highest BCUT2D eigenvalue weighted by atomic mass is 32.2. The second kappa shape index (κ2) is 15.3. The van der Waals surface area contributed by atoms with Crippen LogP contribution in [0.2, 0.25) is 0 Å². The fourth-order valence-corrected chi connectivity index (χ4v) is 6.98. The molecule has 0 aliphatic rings. The van der Waals surface area contributed by atoms with E-state index in [1.165, 1.54) is 4.31 Å². The molecule has 1 heterocycles. The summed E-state index contributed by atoms with van der Waals surface area (Å²) in [5, 5.41) is 18.8. The first-order valence-corrected chi connectivity index (χ1v) is 16.8. The van der Waals surface area contributed by atoms with E-state index in [1.54, 1.807) is 30.5 Å². The Labute approximate surface area is 266 Å². The lowest BCUT2D eigenvalue weighted by molar-refractivity contribution is -0.124. The van der Waals surface area contributed by atoms with E-state index in [-0.39, 0.29) is 30.5 Å². The van der Waals surface area contributed by atoms with Crippen LogP contribution in [0, 0.1) is 19.8 Å². The SMILES string of the molecule is CCn1nccc1-c1ccc(S(=O)(=O)N(CC(C)C)C[C@H](O)[C@H](Cc2ccccc2)NC(=O)COc2c(C)cccc2C)cc1. The van der Waals surface area contributed by atoms with Crippen LogP contribution in [0.1, 0.15) is 37.5 Å². The van der Waals surface area contributed by atoms with Crippen molar-refractivity contribution in [2.45, 2.75) is 64.6 Å². The van der Waals surface area contributed by atoms with Gasteiger partial charge in [-0.3, -0.25) is 9.48 Å².